The predicted octanol–water partition coefficient (Wildman–Crippen LogP) is 3.60. The van der Waals surface area contributed by atoms with Gasteiger partial charge in [-0.1, -0.05) is 47.6 Å². The molecule has 0 amide bonds. The van der Waals surface area contributed by atoms with E-state index in [9.17, 15) is 18.0 Å². The number of carbonyl (C=O) groups excluding carboxylic acids is 2. The molecule has 0 spiro atoms. The number of anilines is 1. The van der Waals surface area contributed by atoms with Gasteiger partial charge < -0.3 is 0 Å². The molecule has 2 rings (SSSR count). The zero-order valence-electron chi connectivity index (χ0n) is 12.7. The summed E-state index contributed by atoms with van der Waals surface area (Å²) in [6, 6.07) is 12.1. The SMILES string of the molecule is CC(=O)SCC(=O)c1cccc(S(=O)(=O)Nc2ccccc2Cl)c1. The van der Waals surface area contributed by atoms with Crippen molar-refractivity contribution in [2.45, 2.75) is 11.8 Å². The summed E-state index contributed by atoms with van der Waals surface area (Å²) in [5.41, 5.74) is 0.480. The Morgan fingerprint density at radius 2 is 1.83 bits per heavy atom. The van der Waals surface area contributed by atoms with Crippen LogP contribution in [0.3, 0.4) is 0 Å². The van der Waals surface area contributed by atoms with Crippen LogP contribution in [0, 0.1) is 0 Å². The van der Waals surface area contributed by atoms with E-state index >= 15 is 0 Å². The van der Waals surface area contributed by atoms with Gasteiger partial charge in [0, 0.05) is 12.5 Å². The smallest absolute Gasteiger partial charge is 0.261 e. The maximum absolute atomic E-state index is 12.5. The molecule has 0 heterocycles. The Kier molecular flexibility index (Phi) is 6.04. The summed E-state index contributed by atoms with van der Waals surface area (Å²) in [5.74, 6) is -0.346. The number of Topliss-reactive ketones (excluding diaryl/α,β-unsaturated/α-hetero) is 1. The lowest BCUT2D eigenvalue weighted by molar-refractivity contribution is -0.109. The van der Waals surface area contributed by atoms with Crippen molar-refractivity contribution < 1.29 is 18.0 Å². The van der Waals surface area contributed by atoms with Crippen molar-refractivity contribution in [1.82, 2.24) is 0 Å². The lowest BCUT2D eigenvalue weighted by atomic mass is 10.1. The predicted molar refractivity (Wildman–Crippen MR) is 96.2 cm³/mol. The van der Waals surface area contributed by atoms with Crippen LogP contribution in [-0.4, -0.2) is 25.1 Å². The number of hydrogen-bond acceptors (Lipinski definition) is 5. The quantitative estimate of drug-likeness (QED) is 0.771. The Labute approximate surface area is 149 Å². The van der Waals surface area contributed by atoms with Gasteiger partial charge in [0.1, 0.15) is 0 Å². The number of ketones is 1. The second-order valence-corrected chi connectivity index (χ2v) is 8.06. The average molecular weight is 384 g/mol. The van der Waals surface area contributed by atoms with Gasteiger partial charge in [0.25, 0.3) is 10.0 Å². The van der Waals surface area contributed by atoms with Crippen LogP contribution in [0.4, 0.5) is 5.69 Å². The van der Waals surface area contributed by atoms with Crippen LogP contribution >= 0.6 is 23.4 Å². The largest absolute Gasteiger partial charge is 0.293 e. The van der Waals surface area contributed by atoms with Crippen molar-refractivity contribution in [2.24, 2.45) is 0 Å². The fourth-order valence-electron chi connectivity index (χ4n) is 1.83. The number of hydrogen-bond donors (Lipinski definition) is 1. The average Bonchev–Trinajstić information content (AvgIpc) is 2.54. The molecule has 24 heavy (non-hydrogen) atoms. The molecule has 1 N–H and O–H groups in total. The van der Waals surface area contributed by atoms with Gasteiger partial charge >= 0.3 is 0 Å². The first-order valence-electron chi connectivity index (χ1n) is 6.83. The number of benzene rings is 2. The molecule has 0 bridgehead atoms. The Morgan fingerprint density at radius 1 is 1.12 bits per heavy atom. The summed E-state index contributed by atoms with van der Waals surface area (Å²) in [4.78, 5) is 22.9. The van der Waals surface area contributed by atoms with Gasteiger partial charge in [0.2, 0.25) is 0 Å². The molecular formula is C16H14ClNO4S2. The van der Waals surface area contributed by atoms with Gasteiger partial charge in [-0.05, 0) is 24.3 Å². The summed E-state index contributed by atoms with van der Waals surface area (Å²) in [5, 5.41) is 0.0960. The van der Waals surface area contributed by atoms with E-state index in [-0.39, 0.29) is 37.8 Å². The van der Waals surface area contributed by atoms with E-state index in [0.29, 0.717) is 0 Å². The molecule has 5 nitrogen and oxygen atoms in total. The molecule has 8 heteroatoms. The standard InChI is InChI=1S/C16H14ClNO4S2/c1-11(19)23-10-16(20)12-5-4-6-13(9-12)24(21,22)18-15-8-3-2-7-14(15)17/h2-9,18H,10H2,1H3. The summed E-state index contributed by atoms with van der Waals surface area (Å²) in [7, 11) is -3.88. The van der Waals surface area contributed by atoms with Crippen molar-refractivity contribution in [2.75, 3.05) is 10.5 Å². The normalized spacial score (nSPS) is 11.1. The maximum atomic E-state index is 12.5. The zero-order chi connectivity index (χ0) is 17.7. The molecule has 0 radical (unpaired) electrons. The highest BCUT2D eigenvalue weighted by molar-refractivity contribution is 8.14. The van der Waals surface area contributed by atoms with Crippen LogP contribution in [0.5, 0.6) is 0 Å². The van der Waals surface area contributed by atoms with Crippen LogP contribution in [0.2, 0.25) is 5.02 Å². The fourth-order valence-corrected chi connectivity index (χ4v) is 3.70. The second kappa shape index (κ2) is 7.83. The molecular weight excluding hydrogens is 370 g/mol. The summed E-state index contributed by atoms with van der Waals surface area (Å²) >= 11 is 6.84. The maximum Gasteiger partial charge on any atom is 0.261 e. The number of nitrogens with one attached hydrogen (secondary N) is 1. The van der Waals surface area contributed by atoms with Crippen LogP contribution in [0.15, 0.2) is 53.4 Å². The van der Waals surface area contributed by atoms with Crippen molar-refractivity contribution >= 4 is 50.0 Å². The number of thioether (sulfide) groups is 1. The second-order valence-electron chi connectivity index (χ2n) is 4.82. The van der Waals surface area contributed by atoms with E-state index < -0.39 is 10.0 Å². The highest BCUT2D eigenvalue weighted by Crippen LogP contribution is 2.24. The third kappa shape index (κ3) is 4.83. The number of rotatable bonds is 6. The van der Waals surface area contributed by atoms with Crippen LogP contribution in [-0.2, 0) is 14.8 Å². The molecule has 2 aromatic rings. The van der Waals surface area contributed by atoms with Crippen molar-refractivity contribution in [3.63, 3.8) is 0 Å². The third-order valence-electron chi connectivity index (χ3n) is 2.99. The van der Waals surface area contributed by atoms with Crippen molar-refractivity contribution in [3.05, 3.63) is 59.1 Å². The van der Waals surface area contributed by atoms with Gasteiger partial charge in [-0.3, -0.25) is 14.3 Å². The van der Waals surface area contributed by atoms with Crippen LogP contribution in [0.25, 0.3) is 0 Å². The van der Waals surface area contributed by atoms with Crippen molar-refractivity contribution in [1.29, 1.82) is 0 Å². The molecule has 0 aliphatic rings. The van der Waals surface area contributed by atoms with E-state index in [1.54, 1.807) is 24.3 Å². The Balaban J connectivity index is 2.25. The molecule has 126 valence electrons. The zero-order valence-corrected chi connectivity index (χ0v) is 15.0. The van der Waals surface area contributed by atoms with E-state index in [4.69, 9.17) is 11.6 Å². The molecule has 0 atom stereocenters. The number of sulfonamides is 1. The minimum absolute atomic E-state index is 0.0310. The summed E-state index contributed by atoms with van der Waals surface area (Å²) < 4.78 is 27.3. The highest BCUT2D eigenvalue weighted by Gasteiger charge is 2.18. The molecule has 0 unspecified atom stereocenters. The Bertz CT molecular complexity index is 881. The summed E-state index contributed by atoms with van der Waals surface area (Å²) in [6.07, 6.45) is 0. The van der Waals surface area contributed by atoms with Crippen LogP contribution < -0.4 is 4.72 Å². The summed E-state index contributed by atoms with van der Waals surface area (Å²) in [6.45, 7) is 1.37. The van der Waals surface area contributed by atoms with Gasteiger partial charge in [-0.15, -0.1) is 0 Å². The monoisotopic (exact) mass is 383 g/mol. The lowest BCUT2D eigenvalue weighted by Gasteiger charge is -2.10. The van der Waals surface area contributed by atoms with Crippen molar-refractivity contribution in [3.8, 4) is 0 Å². The fraction of sp³-hybridized carbons (Fsp3) is 0.125. The van der Waals surface area contributed by atoms with E-state index in [2.05, 4.69) is 4.72 Å². The first-order valence-corrected chi connectivity index (χ1v) is 9.68. The van der Waals surface area contributed by atoms with Gasteiger partial charge in [0.05, 0.1) is 21.4 Å². The topological polar surface area (TPSA) is 80.3 Å². The first kappa shape index (κ1) is 18.5. The third-order valence-corrected chi connectivity index (χ3v) is 5.50. The minimum atomic E-state index is -3.88. The number of para-hydroxylation sites is 1. The van der Waals surface area contributed by atoms with E-state index in [1.165, 1.54) is 31.2 Å². The number of carbonyl (C=O) groups is 2. The molecule has 0 saturated heterocycles. The van der Waals surface area contributed by atoms with Gasteiger partial charge in [-0.25, -0.2) is 8.42 Å². The molecule has 2 aromatic carbocycles. The van der Waals surface area contributed by atoms with Gasteiger partial charge in [-0.2, -0.15) is 0 Å². The molecule has 0 aromatic heterocycles. The molecule has 0 fully saturated rings. The first-order chi connectivity index (χ1) is 11.3. The highest BCUT2D eigenvalue weighted by atomic mass is 35.5. The Hall–Kier alpha value is -1.83. The van der Waals surface area contributed by atoms with E-state index in [0.717, 1.165) is 11.8 Å². The van der Waals surface area contributed by atoms with Crippen LogP contribution in [0.1, 0.15) is 17.3 Å². The van der Waals surface area contributed by atoms with E-state index in [1.807, 2.05) is 0 Å². The Morgan fingerprint density at radius 3 is 2.50 bits per heavy atom. The lowest BCUT2D eigenvalue weighted by Crippen LogP contribution is -2.14. The van der Waals surface area contributed by atoms with Gasteiger partial charge in [0.15, 0.2) is 10.9 Å². The molecule has 0 aliphatic heterocycles. The molecule has 0 saturated carbocycles. The number of halogens is 1. The minimum Gasteiger partial charge on any atom is -0.293 e. The molecule has 0 aliphatic carbocycles.